The SMILES string of the molecule is CC(=O)c1ccc(OC[C@@H](O)CSc2nnnn2-c2ccc(C)cc2C)cc1. The summed E-state index contributed by atoms with van der Waals surface area (Å²) in [5.41, 5.74) is 3.79. The van der Waals surface area contributed by atoms with Crippen molar-refractivity contribution in [2.75, 3.05) is 12.4 Å². The number of aromatic nitrogens is 4. The topological polar surface area (TPSA) is 90.1 Å². The molecule has 0 spiro atoms. The van der Waals surface area contributed by atoms with E-state index in [4.69, 9.17) is 4.74 Å². The fourth-order valence-electron chi connectivity index (χ4n) is 2.66. The summed E-state index contributed by atoms with van der Waals surface area (Å²) >= 11 is 1.36. The molecule has 0 unspecified atom stereocenters. The zero-order valence-electron chi connectivity index (χ0n) is 16.0. The molecule has 0 aliphatic heterocycles. The van der Waals surface area contributed by atoms with Crippen molar-refractivity contribution in [2.45, 2.75) is 32.0 Å². The van der Waals surface area contributed by atoms with Crippen LogP contribution in [0.3, 0.4) is 0 Å². The Morgan fingerprint density at radius 1 is 1.21 bits per heavy atom. The van der Waals surface area contributed by atoms with Crippen LogP contribution in [0.5, 0.6) is 5.75 Å². The van der Waals surface area contributed by atoms with E-state index in [1.807, 2.05) is 26.0 Å². The fourth-order valence-corrected chi connectivity index (χ4v) is 3.45. The molecule has 1 heterocycles. The van der Waals surface area contributed by atoms with Gasteiger partial charge in [0.15, 0.2) is 5.78 Å². The summed E-state index contributed by atoms with van der Waals surface area (Å²) in [5.74, 6) is 0.996. The third-order valence-corrected chi connectivity index (χ3v) is 5.19. The van der Waals surface area contributed by atoms with Gasteiger partial charge in [0.1, 0.15) is 12.4 Å². The lowest BCUT2D eigenvalue weighted by atomic mass is 10.1. The molecule has 0 aliphatic rings. The van der Waals surface area contributed by atoms with Gasteiger partial charge in [0, 0.05) is 11.3 Å². The predicted molar refractivity (Wildman–Crippen MR) is 107 cm³/mol. The molecular weight excluding hydrogens is 376 g/mol. The molecule has 2 aromatic carbocycles. The molecule has 7 nitrogen and oxygen atoms in total. The second-order valence-electron chi connectivity index (χ2n) is 6.52. The molecule has 0 saturated heterocycles. The molecule has 1 aromatic heterocycles. The van der Waals surface area contributed by atoms with Crippen molar-refractivity contribution in [1.82, 2.24) is 20.2 Å². The number of ether oxygens (including phenoxy) is 1. The normalized spacial score (nSPS) is 12.0. The summed E-state index contributed by atoms with van der Waals surface area (Å²) in [6, 6.07) is 12.9. The average molecular weight is 398 g/mol. The van der Waals surface area contributed by atoms with E-state index < -0.39 is 6.10 Å². The molecule has 0 aliphatic carbocycles. The van der Waals surface area contributed by atoms with Gasteiger partial charge in [-0.3, -0.25) is 4.79 Å². The van der Waals surface area contributed by atoms with Crippen LogP contribution in [0.4, 0.5) is 0 Å². The molecule has 146 valence electrons. The minimum atomic E-state index is -0.693. The predicted octanol–water partition coefficient (Wildman–Crippen LogP) is 3.01. The Bertz CT molecular complexity index is 956. The fraction of sp³-hybridized carbons (Fsp3) is 0.300. The molecule has 0 fully saturated rings. The number of aliphatic hydroxyl groups is 1. The molecule has 0 saturated carbocycles. The number of ketones is 1. The Balaban J connectivity index is 1.56. The van der Waals surface area contributed by atoms with Gasteiger partial charge in [-0.05, 0) is 67.1 Å². The number of aliphatic hydroxyl groups excluding tert-OH is 1. The van der Waals surface area contributed by atoms with Crippen LogP contribution in [0, 0.1) is 13.8 Å². The number of benzene rings is 2. The van der Waals surface area contributed by atoms with E-state index in [2.05, 4.69) is 21.6 Å². The van der Waals surface area contributed by atoms with Crippen LogP contribution in [0.1, 0.15) is 28.4 Å². The number of thioether (sulfide) groups is 1. The number of hydrogen-bond acceptors (Lipinski definition) is 7. The van der Waals surface area contributed by atoms with E-state index in [0.29, 0.717) is 22.2 Å². The van der Waals surface area contributed by atoms with Gasteiger partial charge >= 0.3 is 0 Å². The van der Waals surface area contributed by atoms with E-state index in [1.54, 1.807) is 28.9 Å². The van der Waals surface area contributed by atoms with Crippen LogP contribution >= 0.6 is 11.8 Å². The summed E-state index contributed by atoms with van der Waals surface area (Å²) in [5, 5.41) is 22.7. The third-order valence-electron chi connectivity index (χ3n) is 4.13. The number of rotatable bonds is 8. The number of carbonyl (C=O) groups excluding carboxylic acids is 1. The lowest BCUT2D eigenvalue weighted by molar-refractivity contribution is 0.101. The second kappa shape index (κ2) is 8.99. The van der Waals surface area contributed by atoms with Crippen molar-refractivity contribution < 1.29 is 14.6 Å². The van der Waals surface area contributed by atoms with Gasteiger partial charge in [-0.2, -0.15) is 4.68 Å². The molecule has 0 amide bonds. The van der Waals surface area contributed by atoms with Crippen LogP contribution in [-0.2, 0) is 0 Å². The quantitative estimate of drug-likeness (QED) is 0.461. The zero-order chi connectivity index (χ0) is 20.1. The average Bonchev–Trinajstić information content (AvgIpc) is 3.13. The van der Waals surface area contributed by atoms with Crippen LogP contribution < -0.4 is 4.74 Å². The van der Waals surface area contributed by atoms with Crippen molar-refractivity contribution in [2.24, 2.45) is 0 Å². The minimum absolute atomic E-state index is 0.00418. The lowest BCUT2D eigenvalue weighted by Gasteiger charge is -2.12. The zero-order valence-corrected chi connectivity index (χ0v) is 16.8. The van der Waals surface area contributed by atoms with Crippen LogP contribution in [0.25, 0.3) is 5.69 Å². The minimum Gasteiger partial charge on any atom is -0.491 e. The lowest BCUT2D eigenvalue weighted by Crippen LogP contribution is -2.20. The Hall–Kier alpha value is -2.71. The van der Waals surface area contributed by atoms with E-state index in [0.717, 1.165) is 11.3 Å². The maximum Gasteiger partial charge on any atom is 0.214 e. The molecule has 28 heavy (non-hydrogen) atoms. The molecule has 0 bridgehead atoms. The first-order valence-electron chi connectivity index (χ1n) is 8.84. The number of nitrogens with zero attached hydrogens (tertiary/aromatic N) is 4. The van der Waals surface area contributed by atoms with Gasteiger partial charge in [0.05, 0.1) is 11.8 Å². The van der Waals surface area contributed by atoms with Crippen molar-refractivity contribution in [1.29, 1.82) is 0 Å². The smallest absolute Gasteiger partial charge is 0.214 e. The Morgan fingerprint density at radius 3 is 2.64 bits per heavy atom. The molecule has 1 N–H and O–H groups in total. The highest BCUT2D eigenvalue weighted by atomic mass is 32.2. The highest BCUT2D eigenvalue weighted by Crippen LogP contribution is 2.22. The van der Waals surface area contributed by atoms with Crippen molar-refractivity contribution in [3.8, 4) is 11.4 Å². The Kier molecular flexibility index (Phi) is 6.43. The van der Waals surface area contributed by atoms with Crippen molar-refractivity contribution in [3.63, 3.8) is 0 Å². The van der Waals surface area contributed by atoms with Gasteiger partial charge in [0.25, 0.3) is 0 Å². The van der Waals surface area contributed by atoms with Gasteiger partial charge in [0.2, 0.25) is 5.16 Å². The first-order valence-corrected chi connectivity index (χ1v) is 9.83. The summed E-state index contributed by atoms with van der Waals surface area (Å²) in [6.45, 7) is 5.70. The standard InChI is InChI=1S/C20H22N4O3S/c1-13-4-9-19(14(2)10-13)24-20(21-22-23-24)28-12-17(26)11-27-18-7-5-16(6-8-18)15(3)25/h4-10,17,26H,11-12H2,1-3H3/t17-/m1/s1. The van der Waals surface area contributed by atoms with Gasteiger partial charge in [-0.1, -0.05) is 29.5 Å². The monoisotopic (exact) mass is 398 g/mol. The molecule has 0 radical (unpaired) electrons. The number of tetrazole rings is 1. The van der Waals surface area contributed by atoms with E-state index in [9.17, 15) is 9.90 Å². The van der Waals surface area contributed by atoms with E-state index in [-0.39, 0.29) is 12.4 Å². The number of hydrogen-bond donors (Lipinski definition) is 1. The highest BCUT2D eigenvalue weighted by Gasteiger charge is 2.14. The van der Waals surface area contributed by atoms with E-state index in [1.165, 1.54) is 24.2 Å². The molecule has 8 heteroatoms. The third kappa shape index (κ3) is 4.96. The maximum atomic E-state index is 11.3. The number of Topliss-reactive ketones (excluding diaryl/α,β-unsaturated/α-hetero) is 1. The largest absolute Gasteiger partial charge is 0.491 e. The van der Waals surface area contributed by atoms with Crippen LogP contribution in [0.2, 0.25) is 0 Å². The van der Waals surface area contributed by atoms with Gasteiger partial charge in [-0.25, -0.2) is 0 Å². The number of carbonyl (C=O) groups is 1. The maximum absolute atomic E-state index is 11.3. The molecule has 3 rings (SSSR count). The first kappa shape index (κ1) is 20.0. The molecular formula is C20H22N4O3S. The van der Waals surface area contributed by atoms with Crippen LogP contribution in [-0.4, -0.2) is 49.6 Å². The van der Waals surface area contributed by atoms with Crippen molar-refractivity contribution in [3.05, 3.63) is 59.2 Å². The van der Waals surface area contributed by atoms with E-state index >= 15 is 0 Å². The highest BCUT2D eigenvalue weighted by molar-refractivity contribution is 7.99. The van der Waals surface area contributed by atoms with Crippen molar-refractivity contribution >= 4 is 17.5 Å². The van der Waals surface area contributed by atoms with Crippen LogP contribution in [0.15, 0.2) is 47.6 Å². The summed E-state index contributed by atoms with van der Waals surface area (Å²) in [7, 11) is 0. The molecule has 1 atom stereocenters. The first-order chi connectivity index (χ1) is 13.4. The summed E-state index contributed by atoms with van der Waals surface area (Å²) in [4.78, 5) is 11.3. The Morgan fingerprint density at radius 2 is 1.96 bits per heavy atom. The second-order valence-corrected chi connectivity index (χ2v) is 7.51. The molecule has 3 aromatic rings. The van der Waals surface area contributed by atoms with Gasteiger partial charge < -0.3 is 9.84 Å². The Labute approximate surface area is 167 Å². The number of aryl methyl sites for hydroxylation is 2. The summed E-state index contributed by atoms with van der Waals surface area (Å²) in [6.07, 6.45) is -0.693. The summed E-state index contributed by atoms with van der Waals surface area (Å²) < 4.78 is 7.26. The van der Waals surface area contributed by atoms with Gasteiger partial charge in [-0.15, -0.1) is 5.10 Å².